The third-order valence-electron chi connectivity index (χ3n) is 7.55. The molecule has 2 aliphatic heterocycles. The van der Waals surface area contributed by atoms with E-state index in [1.54, 1.807) is 25.0 Å². The van der Waals surface area contributed by atoms with Crippen molar-refractivity contribution in [3.63, 3.8) is 0 Å². The maximum Gasteiger partial charge on any atom is 0.255 e. The Bertz CT molecular complexity index is 1580. The summed E-state index contributed by atoms with van der Waals surface area (Å²) in [5, 5.41) is 6.77. The van der Waals surface area contributed by atoms with Gasteiger partial charge in [-0.15, -0.1) is 0 Å². The maximum atomic E-state index is 13.7. The largest absolute Gasteiger partial charge is 0.496 e. The van der Waals surface area contributed by atoms with Gasteiger partial charge in [0.1, 0.15) is 17.8 Å². The number of H-pyrrole nitrogens is 1. The number of hydrogen-bond acceptors (Lipinski definition) is 4. The van der Waals surface area contributed by atoms with E-state index < -0.39 is 12.1 Å². The second-order valence-corrected chi connectivity index (χ2v) is 9.74. The fourth-order valence-electron chi connectivity index (χ4n) is 5.70. The monoisotopic (exact) mass is 508 g/mol. The molecule has 0 unspecified atom stereocenters. The predicted molar refractivity (Wildman–Crippen MR) is 143 cm³/mol. The molecule has 3 heterocycles. The number of hydrogen-bond donors (Lipinski definition) is 3. The molecule has 0 spiro atoms. The molecule has 3 atom stereocenters. The summed E-state index contributed by atoms with van der Waals surface area (Å²) in [6.45, 7) is 1.92. The van der Waals surface area contributed by atoms with E-state index in [-0.39, 0.29) is 30.3 Å². The highest BCUT2D eigenvalue weighted by atomic mass is 16.5. The average molecular weight is 509 g/mol. The Balaban J connectivity index is 1.26. The number of ether oxygens (including phenoxy) is 1. The summed E-state index contributed by atoms with van der Waals surface area (Å²) in [4.78, 5) is 45.3. The third-order valence-corrected chi connectivity index (χ3v) is 7.55. The van der Waals surface area contributed by atoms with Crippen LogP contribution in [0, 0.1) is 0 Å². The number of rotatable bonds is 6. The van der Waals surface area contributed by atoms with Crippen molar-refractivity contribution in [3.8, 4) is 5.75 Å². The van der Waals surface area contributed by atoms with Crippen LogP contribution in [0.1, 0.15) is 45.7 Å². The van der Waals surface area contributed by atoms with Gasteiger partial charge in [-0.3, -0.25) is 14.4 Å². The molecule has 3 aromatic carbocycles. The Labute approximate surface area is 220 Å². The molecule has 2 aliphatic rings. The van der Waals surface area contributed by atoms with E-state index in [1.807, 2.05) is 66.7 Å². The van der Waals surface area contributed by atoms with Gasteiger partial charge in [0.15, 0.2) is 0 Å². The number of methoxy groups -OCH3 is 1. The molecule has 8 heteroatoms. The first-order valence-electron chi connectivity index (χ1n) is 12.7. The van der Waals surface area contributed by atoms with Gasteiger partial charge >= 0.3 is 0 Å². The predicted octanol–water partition coefficient (Wildman–Crippen LogP) is 3.47. The molecule has 0 aliphatic carbocycles. The minimum atomic E-state index is -0.792. The van der Waals surface area contributed by atoms with Crippen molar-refractivity contribution in [3.05, 3.63) is 101 Å². The van der Waals surface area contributed by atoms with Crippen molar-refractivity contribution in [2.45, 2.75) is 38.0 Å². The SMILES string of the molecule is COc1ccccc1CNC(=O)[C@H](C)NC(=O)[C@@H]1Cc2c([nH]c3ccccc23)[C@H]2c3ccccc3C(=O)N21. The highest BCUT2D eigenvalue weighted by molar-refractivity contribution is 6.04. The van der Waals surface area contributed by atoms with Crippen LogP contribution in [0.25, 0.3) is 10.9 Å². The third kappa shape index (κ3) is 3.80. The van der Waals surface area contributed by atoms with Crippen LogP contribution in [0.15, 0.2) is 72.8 Å². The summed E-state index contributed by atoms with van der Waals surface area (Å²) in [6.07, 6.45) is 0.358. The second-order valence-electron chi connectivity index (χ2n) is 9.74. The molecule has 1 aromatic heterocycles. The van der Waals surface area contributed by atoms with Crippen molar-refractivity contribution >= 4 is 28.6 Å². The van der Waals surface area contributed by atoms with Gasteiger partial charge in [0.05, 0.1) is 13.2 Å². The van der Waals surface area contributed by atoms with Crippen molar-refractivity contribution < 1.29 is 19.1 Å². The van der Waals surface area contributed by atoms with Gasteiger partial charge in [0.2, 0.25) is 11.8 Å². The number of amides is 3. The topological polar surface area (TPSA) is 104 Å². The first-order chi connectivity index (χ1) is 18.5. The van der Waals surface area contributed by atoms with Crippen LogP contribution in [0.5, 0.6) is 5.75 Å². The highest BCUT2D eigenvalue weighted by Crippen LogP contribution is 2.46. The average Bonchev–Trinajstić information content (AvgIpc) is 3.46. The first-order valence-corrected chi connectivity index (χ1v) is 12.7. The molecule has 6 rings (SSSR count). The Morgan fingerprint density at radius 3 is 2.63 bits per heavy atom. The number of nitrogens with zero attached hydrogens (tertiary/aromatic N) is 1. The van der Waals surface area contributed by atoms with Crippen LogP contribution in [0.3, 0.4) is 0 Å². The quantitative estimate of drug-likeness (QED) is 0.371. The Kier molecular flexibility index (Phi) is 5.87. The van der Waals surface area contributed by atoms with Crippen LogP contribution < -0.4 is 15.4 Å². The minimum Gasteiger partial charge on any atom is -0.496 e. The molecular weight excluding hydrogens is 480 g/mol. The molecule has 0 fully saturated rings. The number of benzene rings is 3. The Hall–Kier alpha value is -4.59. The van der Waals surface area contributed by atoms with Gasteiger partial charge in [-0.1, -0.05) is 54.6 Å². The van der Waals surface area contributed by atoms with Gasteiger partial charge in [0, 0.05) is 40.7 Å². The van der Waals surface area contributed by atoms with E-state index in [9.17, 15) is 14.4 Å². The van der Waals surface area contributed by atoms with Crippen LogP contribution in [-0.4, -0.2) is 46.8 Å². The van der Waals surface area contributed by atoms with E-state index in [2.05, 4.69) is 15.6 Å². The molecule has 0 saturated heterocycles. The lowest BCUT2D eigenvalue weighted by Crippen LogP contribution is -2.55. The molecule has 0 radical (unpaired) electrons. The Morgan fingerprint density at radius 1 is 1.05 bits per heavy atom. The number of aromatic nitrogens is 1. The lowest BCUT2D eigenvalue weighted by molar-refractivity contribution is -0.131. The normalized spacial score (nSPS) is 18.4. The number of aromatic amines is 1. The van der Waals surface area contributed by atoms with Crippen LogP contribution in [-0.2, 0) is 22.6 Å². The van der Waals surface area contributed by atoms with Crippen LogP contribution in [0.2, 0.25) is 0 Å². The number of fused-ring (bicyclic) bond motifs is 7. The zero-order valence-electron chi connectivity index (χ0n) is 21.2. The summed E-state index contributed by atoms with van der Waals surface area (Å²) in [6, 6.07) is 21.0. The van der Waals surface area contributed by atoms with Gasteiger partial charge in [0.25, 0.3) is 5.91 Å². The molecule has 3 N–H and O–H groups in total. The number of nitrogens with one attached hydrogen (secondary N) is 3. The molecule has 0 saturated carbocycles. The molecule has 0 bridgehead atoms. The number of carbonyl (C=O) groups excluding carboxylic acids is 3. The summed E-state index contributed by atoms with van der Waals surface area (Å²) < 4.78 is 5.35. The zero-order chi connectivity index (χ0) is 26.4. The van der Waals surface area contributed by atoms with Crippen LogP contribution >= 0.6 is 0 Å². The highest BCUT2D eigenvalue weighted by Gasteiger charge is 2.49. The zero-order valence-corrected chi connectivity index (χ0v) is 21.2. The molecular formula is C30H28N4O4. The van der Waals surface area contributed by atoms with Gasteiger partial charge < -0.3 is 25.3 Å². The Morgan fingerprint density at radius 2 is 1.79 bits per heavy atom. The molecule has 8 nitrogen and oxygen atoms in total. The van der Waals surface area contributed by atoms with Crippen molar-refractivity contribution in [2.24, 2.45) is 0 Å². The first kappa shape index (κ1) is 23.8. The summed E-state index contributed by atoms with van der Waals surface area (Å²) >= 11 is 0. The maximum absolute atomic E-state index is 13.7. The standard InChI is InChI=1S/C30H28N4O4/c1-17(28(35)31-16-18-9-3-8-14-25(18)38-2)32-29(36)24-15-22-19-10-6-7-13-23(19)33-26(22)27-20-11-4-5-12-21(20)30(37)34(24)27/h3-14,17,24,27,33H,15-16H2,1-2H3,(H,31,35)(H,32,36)/t17-,24-,27+/m0/s1. The lowest BCUT2D eigenvalue weighted by atomic mass is 9.90. The van der Waals surface area contributed by atoms with Crippen molar-refractivity contribution in [2.75, 3.05) is 7.11 Å². The fourth-order valence-corrected chi connectivity index (χ4v) is 5.70. The minimum absolute atomic E-state index is 0.177. The lowest BCUT2D eigenvalue weighted by Gasteiger charge is -2.37. The van der Waals surface area contributed by atoms with Crippen molar-refractivity contribution in [1.29, 1.82) is 0 Å². The van der Waals surface area contributed by atoms with E-state index in [0.29, 0.717) is 17.7 Å². The van der Waals surface area contributed by atoms with Gasteiger partial charge in [-0.25, -0.2) is 0 Å². The van der Waals surface area contributed by atoms with E-state index >= 15 is 0 Å². The van der Waals surface area contributed by atoms with E-state index in [0.717, 1.165) is 33.3 Å². The second kappa shape index (κ2) is 9.37. The summed E-state index contributed by atoms with van der Waals surface area (Å²) in [7, 11) is 1.58. The van der Waals surface area contributed by atoms with Crippen LogP contribution in [0.4, 0.5) is 0 Å². The fraction of sp³-hybridized carbons (Fsp3) is 0.233. The van der Waals surface area contributed by atoms with Gasteiger partial charge in [-0.2, -0.15) is 0 Å². The van der Waals surface area contributed by atoms with Gasteiger partial charge in [-0.05, 0) is 36.2 Å². The number of carbonyl (C=O) groups is 3. The molecule has 38 heavy (non-hydrogen) atoms. The summed E-state index contributed by atoms with van der Waals surface area (Å²) in [5.74, 6) is -0.171. The summed E-state index contributed by atoms with van der Waals surface area (Å²) in [5.41, 5.74) is 5.26. The molecule has 192 valence electrons. The van der Waals surface area contributed by atoms with E-state index in [4.69, 9.17) is 4.74 Å². The van der Waals surface area contributed by atoms with Crippen molar-refractivity contribution in [1.82, 2.24) is 20.5 Å². The molecule has 4 aromatic rings. The number of para-hydroxylation sites is 2. The molecule has 3 amide bonds. The smallest absolute Gasteiger partial charge is 0.255 e. The van der Waals surface area contributed by atoms with E-state index in [1.165, 1.54) is 0 Å².